The fraction of sp³-hybridized carbons (Fsp3) is 0.562. The number of nitrogens with one attached hydrogen (secondary N) is 1. The van der Waals surface area contributed by atoms with Crippen molar-refractivity contribution in [3.63, 3.8) is 0 Å². The van der Waals surface area contributed by atoms with Crippen molar-refractivity contribution < 1.29 is 9.53 Å². The van der Waals surface area contributed by atoms with Gasteiger partial charge in [0.15, 0.2) is 6.61 Å². The Hall–Kier alpha value is -1.07. The fourth-order valence-corrected chi connectivity index (χ4v) is 3.01. The van der Waals surface area contributed by atoms with Crippen molar-refractivity contribution in [2.75, 3.05) is 6.61 Å². The van der Waals surface area contributed by atoms with Gasteiger partial charge in [0.1, 0.15) is 5.75 Å². The smallest absolute Gasteiger partial charge is 0.258 e. The number of hydrogen-bond acceptors (Lipinski definition) is 3. The van der Waals surface area contributed by atoms with Gasteiger partial charge in [0, 0.05) is 22.1 Å². The molecule has 0 radical (unpaired) electrons. The Labute approximate surface area is 134 Å². The van der Waals surface area contributed by atoms with Crippen LogP contribution in [0, 0.1) is 0 Å². The van der Waals surface area contributed by atoms with E-state index in [1.807, 2.05) is 25.1 Å². The van der Waals surface area contributed by atoms with Crippen LogP contribution in [0.1, 0.15) is 50.6 Å². The van der Waals surface area contributed by atoms with Gasteiger partial charge in [0.05, 0.1) is 0 Å². The van der Waals surface area contributed by atoms with E-state index in [1.165, 1.54) is 19.3 Å². The summed E-state index contributed by atoms with van der Waals surface area (Å²) in [6.45, 7) is 1.94. The number of rotatable bonds is 5. The average Bonchev–Trinajstić information content (AvgIpc) is 2.46. The summed E-state index contributed by atoms with van der Waals surface area (Å²) in [5.74, 6) is 0.607. The minimum Gasteiger partial charge on any atom is -0.483 e. The SMILES string of the molecule is C[C@H](N)c1ccc(Br)cc1OCC(=O)NC1CCCCC1. The Bertz CT molecular complexity index is 485. The third kappa shape index (κ3) is 5.00. The van der Waals surface area contributed by atoms with E-state index < -0.39 is 0 Å². The lowest BCUT2D eigenvalue weighted by Crippen LogP contribution is -2.39. The van der Waals surface area contributed by atoms with Gasteiger partial charge in [-0.05, 0) is 31.9 Å². The van der Waals surface area contributed by atoms with Crippen LogP contribution in [0.15, 0.2) is 22.7 Å². The molecule has 0 heterocycles. The van der Waals surface area contributed by atoms with Gasteiger partial charge in [-0.3, -0.25) is 4.79 Å². The van der Waals surface area contributed by atoms with Crippen LogP contribution in [-0.4, -0.2) is 18.6 Å². The Kier molecular flexibility index (Phi) is 6.06. The highest BCUT2D eigenvalue weighted by atomic mass is 79.9. The second kappa shape index (κ2) is 7.80. The molecule has 0 aromatic heterocycles. The molecule has 1 amide bonds. The quantitative estimate of drug-likeness (QED) is 0.852. The van der Waals surface area contributed by atoms with Gasteiger partial charge in [-0.2, -0.15) is 0 Å². The summed E-state index contributed by atoms with van der Waals surface area (Å²) in [5, 5.41) is 3.05. The zero-order valence-electron chi connectivity index (χ0n) is 12.4. The third-order valence-corrected chi connectivity index (χ3v) is 4.29. The molecule has 21 heavy (non-hydrogen) atoms. The molecule has 5 heteroatoms. The van der Waals surface area contributed by atoms with E-state index in [-0.39, 0.29) is 18.6 Å². The van der Waals surface area contributed by atoms with Crippen LogP contribution in [0.25, 0.3) is 0 Å². The highest BCUT2D eigenvalue weighted by Crippen LogP contribution is 2.27. The first kappa shape index (κ1) is 16.3. The summed E-state index contributed by atoms with van der Waals surface area (Å²) in [7, 11) is 0. The minimum absolute atomic E-state index is 0.0344. The van der Waals surface area contributed by atoms with Crippen molar-refractivity contribution >= 4 is 21.8 Å². The number of halogens is 1. The highest BCUT2D eigenvalue weighted by Gasteiger charge is 2.16. The van der Waals surface area contributed by atoms with Crippen LogP contribution >= 0.6 is 15.9 Å². The largest absolute Gasteiger partial charge is 0.483 e. The van der Waals surface area contributed by atoms with Gasteiger partial charge in [0.25, 0.3) is 5.91 Å². The summed E-state index contributed by atoms with van der Waals surface area (Å²) in [6, 6.07) is 5.88. The first-order valence-corrected chi connectivity index (χ1v) is 8.33. The maximum atomic E-state index is 12.0. The van der Waals surface area contributed by atoms with Crippen LogP contribution in [-0.2, 0) is 4.79 Å². The van der Waals surface area contributed by atoms with Crippen molar-refractivity contribution in [2.45, 2.75) is 51.1 Å². The molecule has 0 unspecified atom stereocenters. The van der Waals surface area contributed by atoms with Gasteiger partial charge in [-0.1, -0.05) is 41.3 Å². The van der Waals surface area contributed by atoms with Crippen molar-refractivity contribution in [2.24, 2.45) is 5.73 Å². The third-order valence-electron chi connectivity index (χ3n) is 3.80. The minimum atomic E-state index is -0.130. The molecule has 1 aromatic rings. The molecule has 1 aromatic carbocycles. The van der Waals surface area contributed by atoms with Crippen molar-refractivity contribution in [3.8, 4) is 5.75 Å². The normalized spacial score (nSPS) is 17.3. The highest BCUT2D eigenvalue weighted by molar-refractivity contribution is 9.10. The molecule has 3 N–H and O–H groups in total. The van der Waals surface area contributed by atoms with Crippen molar-refractivity contribution in [1.82, 2.24) is 5.32 Å². The predicted molar refractivity (Wildman–Crippen MR) is 87.3 cm³/mol. The number of hydrogen-bond donors (Lipinski definition) is 2. The van der Waals surface area contributed by atoms with E-state index in [2.05, 4.69) is 21.2 Å². The van der Waals surface area contributed by atoms with E-state index in [0.717, 1.165) is 22.9 Å². The predicted octanol–water partition coefficient (Wildman–Crippen LogP) is 3.30. The molecule has 4 nitrogen and oxygen atoms in total. The molecule has 0 spiro atoms. The van der Waals surface area contributed by atoms with Gasteiger partial charge in [0.2, 0.25) is 0 Å². The van der Waals surface area contributed by atoms with E-state index in [4.69, 9.17) is 10.5 Å². The zero-order chi connectivity index (χ0) is 15.2. The monoisotopic (exact) mass is 354 g/mol. The molecule has 0 bridgehead atoms. The number of carbonyl (C=O) groups is 1. The molecular formula is C16H23BrN2O2. The van der Waals surface area contributed by atoms with E-state index >= 15 is 0 Å². The van der Waals surface area contributed by atoms with Gasteiger partial charge >= 0.3 is 0 Å². The average molecular weight is 355 g/mol. The number of benzene rings is 1. The van der Waals surface area contributed by atoms with Crippen LogP contribution in [0.4, 0.5) is 0 Å². The topological polar surface area (TPSA) is 64.3 Å². The summed E-state index contributed by atoms with van der Waals surface area (Å²) in [5.41, 5.74) is 6.83. The second-order valence-corrected chi connectivity index (χ2v) is 6.58. The first-order chi connectivity index (χ1) is 10.1. The number of amides is 1. The Morgan fingerprint density at radius 2 is 2.14 bits per heavy atom. The molecular weight excluding hydrogens is 332 g/mol. The molecule has 0 saturated heterocycles. The van der Waals surface area contributed by atoms with Crippen LogP contribution in [0.3, 0.4) is 0 Å². The molecule has 0 aliphatic heterocycles. The summed E-state index contributed by atoms with van der Waals surface area (Å²) >= 11 is 3.41. The maximum absolute atomic E-state index is 12.0. The lowest BCUT2D eigenvalue weighted by Gasteiger charge is -2.23. The standard InChI is InChI=1S/C16H23BrN2O2/c1-11(18)14-8-7-12(17)9-15(14)21-10-16(20)19-13-5-3-2-4-6-13/h7-9,11,13H,2-6,10,18H2,1H3,(H,19,20)/t11-/m0/s1. The fourth-order valence-electron chi connectivity index (χ4n) is 2.67. The second-order valence-electron chi connectivity index (χ2n) is 5.66. The molecule has 1 saturated carbocycles. The van der Waals surface area contributed by atoms with Crippen LogP contribution in [0.2, 0.25) is 0 Å². The molecule has 1 atom stereocenters. The molecule has 1 fully saturated rings. The zero-order valence-corrected chi connectivity index (χ0v) is 14.0. The van der Waals surface area contributed by atoms with E-state index in [0.29, 0.717) is 11.8 Å². The van der Waals surface area contributed by atoms with Crippen molar-refractivity contribution in [1.29, 1.82) is 0 Å². The van der Waals surface area contributed by atoms with E-state index in [1.54, 1.807) is 0 Å². The lowest BCUT2D eigenvalue weighted by molar-refractivity contribution is -0.124. The molecule has 2 rings (SSSR count). The maximum Gasteiger partial charge on any atom is 0.258 e. The summed E-state index contributed by atoms with van der Waals surface area (Å²) in [6.07, 6.45) is 5.83. The number of ether oxygens (including phenoxy) is 1. The number of carbonyl (C=O) groups excluding carboxylic acids is 1. The number of nitrogens with two attached hydrogens (primary N) is 1. The molecule has 1 aliphatic rings. The van der Waals surface area contributed by atoms with Crippen LogP contribution < -0.4 is 15.8 Å². The van der Waals surface area contributed by atoms with E-state index in [9.17, 15) is 4.79 Å². The van der Waals surface area contributed by atoms with Gasteiger partial charge in [-0.25, -0.2) is 0 Å². The summed E-state index contributed by atoms with van der Waals surface area (Å²) < 4.78 is 6.57. The Morgan fingerprint density at radius 3 is 2.81 bits per heavy atom. The van der Waals surface area contributed by atoms with Gasteiger partial charge in [-0.15, -0.1) is 0 Å². The lowest BCUT2D eigenvalue weighted by atomic mass is 9.95. The van der Waals surface area contributed by atoms with Crippen LogP contribution in [0.5, 0.6) is 5.75 Å². The van der Waals surface area contributed by atoms with Crippen molar-refractivity contribution in [3.05, 3.63) is 28.2 Å². The first-order valence-electron chi connectivity index (χ1n) is 7.53. The molecule has 1 aliphatic carbocycles. The molecule has 116 valence electrons. The Morgan fingerprint density at radius 1 is 1.43 bits per heavy atom. The Balaban J connectivity index is 1.89. The summed E-state index contributed by atoms with van der Waals surface area (Å²) in [4.78, 5) is 12.0. The van der Waals surface area contributed by atoms with Gasteiger partial charge < -0.3 is 15.8 Å².